The second kappa shape index (κ2) is 16.1. The molecule has 0 bridgehead atoms. The van der Waals surface area contributed by atoms with Crippen molar-refractivity contribution >= 4 is 17.9 Å². The summed E-state index contributed by atoms with van der Waals surface area (Å²) in [5.74, 6) is 3.15. The van der Waals surface area contributed by atoms with Crippen LogP contribution in [0.25, 0.3) is 0 Å². The minimum atomic E-state index is -0.154. The minimum absolute atomic E-state index is 0.0838. The van der Waals surface area contributed by atoms with Gasteiger partial charge in [0.05, 0.1) is 41.6 Å². The van der Waals surface area contributed by atoms with Crippen LogP contribution in [0.1, 0.15) is 49.8 Å². The number of carbonyl (C=O) groups is 1. The van der Waals surface area contributed by atoms with E-state index in [1.165, 1.54) is 34.2 Å². The summed E-state index contributed by atoms with van der Waals surface area (Å²) in [5, 5.41) is 0. The fourth-order valence-electron chi connectivity index (χ4n) is 6.55. The van der Waals surface area contributed by atoms with Crippen LogP contribution >= 0.6 is 11.9 Å². The molecule has 5 aromatic carbocycles. The first-order valence-electron chi connectivity index (χ1n) is 16.4. The van der Waals surface area contributed by atoms with Gasteiger partial charge < -0.3 is 23.7 Å². The van der Waals surface area contributed by atoms with E-state index in [-0.39, 0.29) is 11.9 Å². The summed E-state index contributed by atoms with van der Waals surface area (Å²) in [4.78, 5) is 16.5. The third kappa shape index (κ3) is 7.54. The molecule has 1 amide bonds. The highest BCUT2D eigenvalue weighted by molar-refractivity contribution is 7.98. The van der Waals surface area contributed by atoms with E-state index in [1.807, 2.05) is 36.4 Å². The molecule has 6 rings (SSSR count). The van der Waals surface area contributed by atoms with Crippen LogP contribution in [0.5, 0.6) is 28.7 Å². The van der Waals surface area contributed by atoms with Gasteiger partial charge in [-0.3, -0.25) is 14.4 Å². The van der Waals surface area contributed by atoms with Gasteiger partial charge in [-0.15, -0.1) is 0 Å². The molecule has 258 valence electrons. The molecule has 1 atom stereocenters. The van der Waals surface area contributed by atoms with Crippen molar-refractivity contribution in [3.8, 4) is 28.7 Å². The van der Waals surface area contributed by atoms with Gasteiger partial charge in [0.25, 0.3) is 5.91 Å². The van der Waals surface area contributed by atoms with Gasteiger partial charge in [0.1, 0.15) is 0 Å². The quantitative estimate of drug-likeness (QED) is 0.125. The van der Waals surface area contributed by atoms with Crippen LogP contribution in [-0.4, -0.2) is 52.9 Å². The lowest BCUT2D eigenvalue weighted by Gasteiger charge is -2.38. The van der Waals surface area contributed by atoms with E-state index in [9.17, 15) is 4.79 Å². The van der Waals surface area contributed by atoms with Crippen molar-refractivity contribution in [2.24, 2.45) is 0 Å². The number of benzene rings is 5. The lowest BCUT2D eigenvalue weighted by atomic mass is 9.87. The first-order chi connectivity index (χ1) is 24.5. The number of carbonyl (C=O) groups excluding carboxylic acids is 1. The molecular formula is C41H42N2O6S. The number of rotatable bonds is 13. The number of ether oxygens (including phenoxy) is 5. The highest BCUT2D eigenvalue weighted by atomic mass is 32.2. The molecule has 9 heteroatoms. The lowest BCUT2D eigenvalue weighted by Crippen LogP contribution is -2.35. The van der Waals surface area contributed by atoms with E-state index in [0.717, 1.165) is 47.0 Å². The zero-order chi connectivity index (χ0) is 35.0. The highest BCUT2D eigenvalue weighted by Gasteiger charge is 2.30. The Kier molecular flexibility index (Phi) is 11.2. The van der Waals surface area contributed by atoms with Gasteiger partial charge in [0, 0.05) is 35.5 Å². The Labute approximate surface area is 298 Å². The Morgan fingerprint density at radius 2 is 1.38 bits per heavy atom. The lowest BCUT2D eigenvalue weighted by molar-refractivity contribution is 0.0984. The topological polar surface area (TPSA) is 78.5 Å². The monoisotopic (exact) mass is 690 g/mol. The van der Waals surface area contributed by atoms with Crippen LogP contribution in [0.4, 0.5) is 0 Å². The maximum Gasteiger partial charge on any atom is 0.261 e. The first kappa shape index (κ1) is 34.7. The van der Waals surface area contributed by atoms with Crippen LogP contribution in [0, 0.1) is 0 Å². The molecule has 0 saturated carbocycles. The molecule has 1 aliphatic rings. The average Bonchev–Trinajstić information content (AvgIpc) is 3.17. The van der Waals surface area contributed by atoms with E-state index >= 15 is 0 Å². The molecule has 0 spiro atoms. The summed E-state index contributed by atoms with van der Waals surface area (Å²) in [5.41, 5.74) is 7.55. The molecule has 0 aromatic heterocycles. The predicted octanol–water partition coefficient (Wildman–Crippen LogP) is 7.91. The zero-order valence-corrected chi connectivity index (χ0v) is 29.8. The number of hydrogen-bond acceptors (Lipinski definition) is 8. The molecule has 0 fully saturated rings. The van der Waals surface area contributed by atoms with E-state index in [2.05, 4.69) is 76.4 Å². The van der Waals surface area contributed by atoms with Gasteiger partial charge >= 0.3 is 0 Å². The van der Waals surface area contributed by atoms with Crippen molar-refractivity contribution in [2.45, 2.75) is 30.3 Å². The summed E-state index contributed by atoms with van der Waals surface area (Å²) in [7, 11) is 8.17. The fourth-order valence-corrected chi connectivity index (χ4v) is 7.15. The normalized spacial score (nSPS) is 14.0. The predicted molar refractivity (Wildman–Crippen MR) is 197 cm³/mol. The third-order valence-corrected chi connectivity index (χ3v) is 9.85. The van der Waals surface area contributed by atoms with E-state index in [1.54, 1.807) is 35.5 Å². The van der Waals surface area contributed by atoms with Gasteiger partial charge in [-0.05, 0) is 88.7 Å². The Morgan fingerprint density at radius 3 is 2.04 bits per heavy atom. The van der Waals surface area contributed by atoms with Crippen LogP contribution in [-0.2, 0) is 19.4 Å². The van der Waals surface area contributed by atoms with Crippen molar-refractivity contribution < 1.29 is 28.5 Å². The Bertz CT molecular complexity index is 1920. The molecule has 0 radical (unpaired) electrons. The maximum absolute atomic E-state index is 13.0. The van der Waals surface area contributed by atoms with Crippen LogP contribution in [0.2, 0.25) is 0 Å². The van der Waals surface area contributed by atoms with E-state index < -0.39 is 0 Å². The molecule has 50 heavy (non-hydrogen) atoms. The van der Waals surface area contributed by atoms with Crippen molar-refractivity contribution in [1.29, 1.82) is 0 Å². The molecule has 1 heterocycles. The number of amides is 1. The highest BCUT2D eigenvalue weighted by Crippen LogP contribution is 2.42. The van der Waals surface area contributed by atoms with Gasteiger partial charge in [-0.25, -0.2) is 0 Å². The van der Waals surface area contributed by atoms with Gasteiger partial charge in [0.15, 0.2) is 23.0 Å². The summed E-state index contributed by atoms with van der Waals surface area (Å²) in [6, 6.07) is 34.8. The zero-order valence-electron chi connectivity index (χ0n) is 29.0. The fraction of sp³-hybridized carbons (Fsp3) is 0.244. The number of methoxy groups -OCH3 is 5. The van der Waals surface area contributed by atoms with E-state index in [4.69, 9.17) is 23.7 Å². The van der Waals surface area contributed by atoms with Crippen molar-refractivity contribution in [3.05, 3.63) is 142 Å². The van der Waals surface area contributed by atoms with Crippen LogP contribution in [0.3, 0.4) is 0 Å². The molecule has 0 saturated heterocycles. The number of hydrogen-bond donors (Lipinski definition) is 1. The van der Waals surface area contributed by atoms with Crippen LogP contribution in [0.15, 0.2) is 108 Å². The summed E-state index contributed by atoms with van der Waals surface area (Å²) in [6.45, 7) is 1.70. The largest absolute Gasteiger partial charge is 0.493 e. The van der Waals surface area contributed by atoms with Crippen molar-refractivity contribution in [2.75, 3.05) is 42.1 Å². The summed E-state index contributed by atoms with van der Waals surface area (Å²) >= 11 is 1.31. The van der Waals surface area contributed by atoms with Gasteiger partial charge in [-0.1, -0.05) is 60.7 Å². The first-order valence-corrected chi connectivity index (χ1v) is 17.2. The van der Waals surface area contributed by atoms with Gasteiger partial charge in [0.2, 0.25) is 5.75 Å². The molecule has 8 nitrogen and oxygen atoms in total. The van der Waals surface area contributed by atoms with Crippen LogP contribution < -0.4 is 28.4 Å². The van der Waals surface area contributed by atoms with Crippen molar-refractivity contribution in [1.82, 2.24) is 9.62 Å². The Hall–Kier alpha value is -5.12. The molecule has 5 aromatic rings. The second-order valence-corrected chi connectivity index (χ2v) is 12.9. The standard InChI is InChI=1S/C41H42N2O6S/c1-45-35-20-17-32(39(48-4)40(35)49-5)23-27-11-15-30(16-12-27)41(44)42-50-33-18-13-28(14-19-33)26-43-22-21-31-24-36(46-2)37(47-3)25-34(31)38(43)29-9-7-6-8-10-29/h6-20,24-25,38H,21-23,26H2,1-5H3,(H,42,44). The Balaban J connectivity index is 1.09. The summed E-state index contributed by atoms with van der Waals surface area (Å²) < 4.78 is 30.8. The second-order valence-electron chi connectivity index (χ2n) is 12.0. The summed E-state index contributed by atoms with van der Waals surface area (Å²) in [6.07, 6.45) is 1.54. The molecule has 1 unspecified atom stereocenters. The minimum Gasteiger partial charge on any atom is -0.493 e. The maximum atomic E-state index is 13.0. The number of nitrogens with zero attached hydrogens (tertiary/aromatic N) is 1. The molecular weight excluding hydrogens is 649 g/mol. The average molecular weight is 691 g/mol. The Morgan fingerprint density at radius 1 is 0.720 bits per heavy atom. The van der Waals surface area contributed by atoms with Gasteiger partial charge in [-0.2, -0.15) is 0 Å². The molecule has 1 N–H and O–H groups in total. The SMILES string of the molecule is COc1cc2c(cc1OC)C(c1ccccc1)N(Cc1ccc(SNC(=O)c3ccc(Cc4ccc(OC)c(OC)c4OC)cc3)cc1)CC2. The number of fused-ring (bicyclic) bond motifs is 1. The molecule has 1 aliphatic heterocycles. The smallest absolute Gasteiger partial charge is 0.261 e. The van der Waals surface area contributed by atoms with Crippen molar-refractivity contribution in [3.63, 3.8) is 0 Å². The number of nitrogens with one attached hydrogen (secondary N) is 1. The third-order valence-electron chi connectivity index (χ3n) is 9.06. The van der Waals surface area contributed by atoms with E-state index in [0.29, 0.717) is 29.2 Å². The molecule has 0 aliphatic carbocycles.